The van der Waals surface area contributed by atoms with Crippen LogP contribution < -0.4 is 16.4 Å². The Labute approximate surface area is 132 Å². The van der Waals surface area contributed by atoms with E-state index in [4.69, 9.17) is 17.3 Å². The maximum atomic E-state index is 12.3. The standard InChI is InChI=1S/C14H17ClN4OS/c1-3-6-17-14-19-12(16)11(21-14)13(20)18-10-7-9(15)5-4-8(10)2/h4-5,7H,3,6,16H2,1-2H3,(H,17,19)(H,18,20). The van der Waals surface area contributed by atoms with Gasteiger partial charge in [0.25, 0.3) is 5.91 Å². The van der Waals surface area contributed by atoms with E-state index in [-0.39, 0.29) is 11.7 Å². The van der Waals surface area contributed by atoms with Crippen LogP contribution in [0.5, 0.6) is 0 Å². The first-order valence-electron chi connectivity index (χ1n) is 6.59. The Morgan fingerprint density at radius 1 is 1.48 bits per heavy atom. The molecule has 0 spiro atoms. The number of halogens is 1. The molecule has 5 nitrogen and oxygen atoms in total. The lowest BCUT2D eigenvalue weighted by Crippen LogP contribution is -2.13. The maximum absolute atomic E-state index is 12.3. The molecule has 0 fully saturated rings. The third kappa shape index (κ3) is 3.86. The van der Waals surface area contributed by atoms with Crippen molar-refractivity contribution in [1.29, 1.82) is 0 Å². The van der Waals surface area contributed by atoms with Gasteiger partial charge in [-0.2, -0.15) is 0 Å². The largest absolute Gasteiger partial charge is 0.382 e. The summed E-state index contributed by atoms with van der Waals surface area (Å²) < 4.78 is 0. The van der Waals surface area contributed by atoms with Crippen LogP contribution >= 0.6 is 22.9 Å². The normalized spacial score (nSPS) is 10.4. The third-order valence-corrected chi connectivity index (χ3v) is 4.10. The molecule has 0 atom stereocenters. The van der Waals surface area contributed by atoms with Gasteiger partial charge in [-0.3, -0.25) is 4.79 Å². The van der Waals surface area contributed by atoms with Crippen LogP contribution in [0.15, 0.2) is 18.2 Å². The van der Waals surface area contributed by atoms with Gasteiger partial charge in [0.15, 0.2) is 5.13 Å². The average Bonchev–Trinajstić information content (AvgIpc) is 2.82. The molecular weight excluding hydrogens is 308 g/mol. The first-order valence-corrected chi connectivity index (χ1v) is 7.78. The van der Waals surface area contributed by atoms with Crippen molar-refractivity contribution in [1.82, 2.24) is 4.98 Å². The zero-order chi connectivity index (χ0) is 15.4. The summed E-state index contributed by atoms with van der Waals surface area (Å²) in [5, 5.41) is 7.16. The molecule has 0 bridgehead atoms. The summed E-state index contributed by atoms with van der Waals surface area (Å²) in [6, 6.07) is 5.34. The van der Waals surface area contributed by atoms with E-state index in [9.17, 15) is 4.79 Å². The number of hydrogen-bond donors (Lipinski definition) is 3. The summed E-state index contributed by atoms with van der Waals surface area (Å²) in [6.45, 7) is 4.75. The minimum Gasteiger partial charge on any atom is -0.382 e. The molecule has 2 rings (SSSR count). The molecule has 0 saturated carbocycles. The molecular formula is C14H17ClN4OS. The molecule has 0 unspecified atom stereocenters. The van der Waals surface area contributed by atoms with Gasteiger partial charge in [-0.15, -0.1) is 0 Å². The number of nitrogens with one attached hydrogen (secondary N) is 2. The van der Waals surface area contributed by atoms with E-state index in [0.717, 1.165) is 18.5 Å². The van der Waals surface area contributed by atoms with Crippen LogP contribution in [0.3, 0.4) is 0 Å². The topological polar surface area (TPSA) is 80.0 Å². The zero-order valence-corrected chi connectivity index (χ0v) is 13.4. The van der Waals surface area contributed by atoms with Crippen molar-refractivity contribution in [2.24, 2.45) is 0 Å². The van der Waals surface area contributed by atoms with Crippen molar-refractivity contribution in [3.63, 3.8) is 0 Å². The molecule has 1 aromatic carbocycles. The van der Waals surface area contributed by atoms with Crippen LogP contribution in [0.25, 0.3) is 0 Å². The quantitative estimate of drug-likeness (QED) is 0.782. The lowest BCUT2D eigenvalue weighted by molar-refractivity contribution is 0.103. The highest BCUT2D eigenvalue weighted by Gasteiger charge is 2.17. The highest BCUT2D eigenvalue weighted by molar-refractivity contribution is 7.18. The molecule has 1 aromatic heterocycles. The summed E-state index contributed by atoms with van der Waals surface area (Å²) >= 11 is 7.19. The minimum atomic E-state index is -0.278. The SMILES string of the molecule is CCCNc1nc(N)c(C(=O)Nc2cc(Cl)ccc2C)s1. The first kappa shape index (κ1) is 15.6. The van der Waals surface area contributed by atoms with Gasteiger partial charge in [0.1, 0.15) is 10.7 Å². The fourth-order valence-corrected chi connectivity index (χ4v) is 2.69. The van der Waals surface area contributed by atoms with Crippen molar-refractivity contribution < 1.29 is 4.79 Å². The number of hydrogen-bond acceptors (Lipinski definition) is 5. The second kappa shape index (κ2) is 6.78. The number of nitrogens with two attached hydrogens (primary N) is 1. The Balaban J connectivity index is 2.16. The number of amides is 1. The van der Waals surface area contributed by atoms with Crippen molar-refractivity contribution in [2.75, 3.05) is 22.9 Å². The highest BCUT2D eigenvalue weighted by atomic mass is 35.5. The molecule has 0 aliphatic rings. The Morgan fingerprint density at radius 2 is 2.24 bits per heavy atom. The second-order valence-corrected chi connectivity index (χ2v) is 6.01. The first-order chi connectivity index (χ1) is 10.0. The van der Waals surface area contributed by atoms with Gasteiger partial charge in [-0.1, -0.05) is 35.9 Å². The number of thiazole rings is 1. The number of nitrogen functional groups attached to an aromatic ring is 1. The van der Waals surface area contributed by atoms with Crippen molar-refractivity contribution in [3.8, 4) is 0 Å². The van der Waals surface area contributed by atoms with Gasteiger partial charge in [0, 0.05) is 17.3 Å². The van der Waals surface area contributed by atoms with Crippen LogP contribution in [0.1, 0.15) is 28.6 Å². The van der Waals surface area contributed by atoms with Crippen LogP contribution in [0.2, 0.25) is 5.02 Å². The van der Waals surface area contributed by atoms with E-state index in [1.165, 1.54) is 11.3 Å². The van der Waals surface area contributed by atoms with Crippen LogP contribution in [0, 0.1) is 6.92 Å². The molecule has 21 heavy (non-hydrogen) atoms. The monoisotopic (exact) mass is 324 g/mol. The number of anilines is 3. The fourth-order valence-electron chi connectivity index (χ4n) is 1.71. The van der Waals surface area contributed by atoms with Crippen LogP contribution in [-0.4, -0.2) is 17.4 Å². The number of carbonyl (C=O) groups is 1. The number of carbonyl (C=O) groups excluding carboxylic acids is 1. The summed E-state index contributed by atoms with van der Waals surface area (Å²) in [5.41, 5.74) is 7.41. The predicted molar refractivity (Wildman–Crippen MR) is 89.4 cm³/mol. The molecule has 0 aliphatic carbocycles. The van der Waals surface area contributed by atoms with Crippen LogP contribution in [-0.2, 0) is 0 Å². The molecule has 1 heterocycles. The number of rotatable bonds is 5. The van der Waals surface area contributed by atoms with Gasteiger partial charge in [0.05, 0.1) is 0 Å². The van der Waals surface area contributed by atoms with E-state index >= 15 is 0 Å². The van der Waals surface area contributed by atoms with Gasteiger partial charge in [-0.25, -0.2) is 4.98 Å². The van der Waals surface area contributed by atoms with E-state index in [0.29, 0.717) is 20.7 Å². The number of aromatic nitrogens is 1. The minimum absolute atomic E-state index is 0.232. The lowest BCUT2D eigenvalue weighted by Gasteiger charge is -2.07. The van der Waals surface area contributed by atoms with Gasteiger partial charge < -0.3 is 16.4 Å². The van der Waals surface area contributed by atoms with E-state index < -0.39 is 0 Å². The summed E-state index contributed by atoms with van der Waals surface area (Å²) in [5.74, 6) is -0.0456. The smallest absolute Gasteiger partial charge is 0.269 e. The van der Waals surface area contributed by atoms with Crippen molar-refractivity contribution in [2.45, 2.75) is 20.3 Å². The van der Waals surface area contributed by atoms with E-state index in [1.54, 1.807) is 12.1 Å². The molecule has 0 aliphatic heterocycles. The Bertz CT molecular complexity index is 656. The predicted octanol–water partition coefficient (Wildman–Crippen LogP) is 3.76. The third-order valence-electron chi connectivity index (χ3n) is 2.83. The van der Waals surface area contributed by atoms with Crippen molar-refractivity contribution in [3.05, 3.63) is 33.7 Å². The number of aryl methyl sites for hydroxylation is 1. The molecule has 0 radical (unpaired) electrons. The number of nitrogens with zero attached hydrogens (tertiary/aromatic N) is 1. The van der Waals surface area contributed by atoms with Crippen molar-refractivity contribution >= 4 is 45.5 Å². The molecule has 1 amide bonds. The highest BCUT2D eigenvalue weighted by Crippen LogP contribution is 2.27. The maximum Gasteiger partial charge on any atom is 0.269 e. The zero-order valence-electron chi connectivity index (χ0n) is 11.9. The summed E-state index contributed by atoms with van der Waals surface area (Å²) in [4.78, 5) is 16.8. The van der Waals surface area contributed by atoms with E-state index in [2.05, 4.69) is 22.5 Å². The lowest BCUT2D eigenvalue weighted by atomic mass is 10.2. The second-order valence-electron chi connectivity index (χ2n) is 4.57. The molecule has 4 N–H and O–H groups in total. The Hall–Kier alpha value is -1.79. The van der Waals surface area contributed by atoms with E-state index in [1.807, 2.05) is 13.0 Å². The molecule has 2 aromatic rings. The van der Waals surface area contributed by atoms with Gasteiger partial charge in [-0.05, 0) is 31.0 Å². The average molecular weight is 325 g/mol. The van der Waals surface area contributed by atoms with Gasteiger partial charge >= 0.3 is 0 Å². The molecule has 112 valence electrons. The Kier molecular flexibility index (Phi) is 5.03. The summed E-state index contributed by atoms with van der Waals surface area (Å²) in [6.07, 6.45) is 0.975. The van der Waals surface area contributed by atoms with Crippen LogP contribution in [0.4, 0.5) is 16.6 Å². The molecule has 7 heteroatoms. The fraction of sp³-hybridized carbons (Fsp3) is 0.286. The summed E-state index contributed by atoms with van der Waals surface area (Å²) in [7, 11) is 0. The Morgan fingerprint density at radius 3 is 2.95 bits per heavy atom. The number of benzene rings is 1. The molecule has 0 saturated heterocycles. The van der Waals surface area contributed by atoms with Gasteiger partial charge in [0.2, 0.25) is 0 Å².